The van der Waals surface area contributed by atoms with Gasteiger partial charge in [-0.15, -0.1) is 0 Å². The van der Waals surface area contributed by atoms with Gasteiger partial charge in [-0.3, -0.25) is 4.79 Å². The lowest BCUT2D eigenvalue weighted by Gasteiger charge is -2.23. The van der Waals surface area contributed by atoms with Crippen molar-refractivity contribution in [3.05, 3.63) is 20.7 Å². The monoisotopic (exact) mass is 227 g/mol. The Balaban J connectivity index is 1.68. The van der Waals surface area contributed by atoms with Gasteiger partial charge in [0.05, 0.1) is 0 Å². The van der Waals surface area contributed by atoms with Gasteiger partial charge in [0, 0.05) is 30.2 Å². The Morgan fingerprint density at radius 2 is 2.47 bits per heavy atom. The molecule has 0 saturated carbocycles. The fraction of sp³-hybridized carbons (Fsp3) is 0.700. The largest absolute Gasteiger partial charge is 0.315 e. The average Bonchev–Trinajstić information content (AvgIpc) is 2.66. The molecule has 1 aromatic rings. The van der Waals surface area contributed by atoms with E-state index in [0.29, 0.717) is 6.04 Å². The third-order valence-electron chi connectivity index (χ3n) is 2.69. The predicted octanol–water partition coefficient (Wildman–Crippen LogP) is 0.668. The maximum absolute atomic E-state index is 10.9. The minimum absolute atomic E-state index is 0.0302. The van der Waals surface area contributed by atoms with Crippen molar-refractivity contribution in [3.8, 4) is 0 Å². The molecule has 5 heteroatoms. The molecule has 0 radical (unpaired) electrons. The van der Waals surface area contributed by atoms with Crippen molar-refractivity contribution >= 4 is 11.3 Å². The molecule has 1 fully saturated rings. The second-order valence-electron chi connectivity index (χ2n) is 3.95. The minimum Gasteiger partial charge on any atom is -0.315 e. The quantitative estimate of drug-likeness (QED) is 0.708. The number of rotatable bonds is 4. The lowest BCUT2D eigenvalue weighted by atomic mass is 10.1. The van der Waals surface area contributed by atoms with Crippen molar-refractivity contribution in [1.82, 2.24) is 15.6 Å². The molecule has 4 nitrogen and oxygen atoms in total. The van der Waals surface area contributed by atoms with Crippen LogP contribution < -0.4 is 15.5 Å². The third kappa shape index (κ3) is 3.44. The van der Waals surface area contributed by atoms with Crippen molar-refractivity contribution < 1.29 is 0 Å². The van der Waals surface area contributed by atoms with E-state index >= 15 is 0 Å². The van der Waals surface area contributed by atoms with E-state index in [4.69, 9.17) is 0 Å². The first-order valence-corrected chi connectivity index (χ1v) is 6.33. The van der Waals surface area contributed by atoms with E-state index < -0.39 is 0 Å². The summed E-state index contributed by atoms with van der Waals surface area (Å²) in [6.45, 7) is 2.89. The Morgan fingerprint density at radius 3 is 3.13 bits per heavy atom. The van der Waals surface area contributed by atoms with Crippen LogP contribution in [-0.2, 0) is 6.54 Å². The number of hydrogen-bond donors (Lipinski definition) is 3. The molecule has 0 bridgehead atoms. The highest BCUT2D eigenvalue weighted by atomic mass is 32.1. The number of H-pyrrole nitrogens is 1. The van der Waals surface area contributed by atoms with E-state index in [0.717, 1.165) is 25.3 Å². The molecular weight excluding hydrogens is 210 g/mol. The average molecular weight is 227 g/mol. The van der Waals surface area contributed by atoms with Crippen LogP contribution in [0.4, 0.5) is 0 Å². The number of hydrogen-bond acceptors (Lipinski definition) is 4. The van der Waals surface area contributed by atoms with Gasteiger partial charge in [-0.25, -0.2) is 0 Å². The zero-order valence-corrected chi connectivity index (χ0v) is 9.53. The molecule has 1 unspecified atom stereocenters. The van der Waals surface area contributed by atoms with Crippen LogP contribution in [0.1, 0.15) is 25.0 Å². The smallest absolute Gasteiger partial charge is 0.304 e. The van der Waals surface area contributed by atoms with E-state index in [1.807, 2.05) is 5.38 Å². The first-order chi connectivity index (χ1) is 7.34. The van der Waals surface area contributed by atoms with Crippen molar-refractivity contribution in [2.45, 2.75) is 31.8 Å². The summed E-state index contributed by atoms with van der Waals surface area (Å²) in [4.78, 5) is 13.7. The van der Waals surface area contributed by atoms with Crippen LogP contribution in [0.5, 0.6) is 0 Å². The summed E-state index contributed by atoms with van der Waals surface area (Å²) in [7, 11) is 0. The summed E-state index contributed by atoms with van der Waals surface area (Å²) in [6.07, 6.45) is 3.89. The van der Waals surface area contributed by atoms with Gasteiger partial charge in [0.15, 0.2) is 0 Å². The van der Waals surface area contributed by atoms with Crippen LogP contribution in [-0.4, -0.2) is 24.1 Å². The van der Waals surface area contributed by atoms with Gasteiger partial charge in [-0.1, -0.05) is 17.8 Å². The van der Waals surface area contributed by atoms with Crippen LogP contribution in [0, 0.1) is 0 Å². The molecule has 0 aliphatic carbocycles. The van der Waals surface area contributed by atoms with Gasteiger partial charge in [-0.05, 0) is 19.4 Å². The molecule has 0 spiro atoms. The number of nitrogens with one attached hydrogen (secondary N) is 3. The Labute approximate surface area is 93.1 Å². The maximum Gasteiger partial charge on any atom is 0.304 e. The van der Waals surface area contributed by atoms with E-state index in [-0.39, 0.29) is 4.87 Å². The first kappa shape index (κ1) is 10.9. The fourth-order valence-electron chi connectivity index (χ4n) is 1.88. The summed E-state index contributed by atoms with van der Waals surface area (Å²) < 4.78 is 0. The summed E-state index contributed by atoms with van der Waals surface area (Å²) >= 11 is 1.22. The molecule has 1 atom stereocenters. The summed E-state index contributed by atoms with van der Waals surface area (Å²) in [6, 6.07) is 0.601. The van der Waals surface area contributed by atoms with Crippen molar-refractivity contribution in [3.63, 3.8) is 0 Å². The molecule has 2 rings (SSSR count). The van der Waals surface area contributed by atoms with Gasteiger partial charge < -0.3 is 15.6 Å². The molecule has 84 valence electrons. The van der Waals surface area contributed by atoms with Crippen LogP contribution in [0.25, 0.3) is 0 Å². The maximum atomic E-state index is 10.9. The van der Waals surface area contributed by atoms with Gasteiger partial charge in [0.1, 0.15) is 0 Å². The van der Waals surface area contributed by atoms with E-state index in [2.05, 4.69) is 15.6 Å². The van der Waals surface area contributed by atoms with Gasteiger partial charge >= 0.3 is 4.87 Å². The first-order valence-electron chi connectivity index (χ1n) is 5.45. The van der Waals surface area contributed by atoms with Crippen LogP contribution in [0.2, 0.25) is 0 Å². The second-order valence-corrected chi connectivity index (χ2v) is 4.79. The lowest BCUT2D eigenvalue weighted by Crippen LogP contribution is -2.41. The van der Waals surface area contributed by atoms with E-state index in [9.17, 15) is 4.79 Å². The molecule has 1 saturated heterocycles. The van der Waals surface area contributed by atoms with Crippen LogP contribution in [0.3, 0.4) is 0 Å². The van der Waals surface area contributed by atoms with Gasteiger partial charge in [0.25, 0.3) is 0 Å². The summed E-state index contributed by atoms with van der Waals surface area (Å²) in [5.41, 5.74) is 0.987. The van der Waals surface area contributed by atoms with Gasteiger partial charge in [0.2, 0.25) is 0 Å². The van der Waals surface area contributed by atoms with Crippen LogP contribution >= 0.6 is 11.3 Å². The van der Waals surface area contributed by atoms with Gasteiger partial charge in [-0.2, -0.15) is 0 Å². The van der Waals surface area contributed by atoms with Crippen molar-refractivity contribution in [2.24, 2.45) is 0 Å². The summed E-state index contributed by atoms with van der Waals surface area (Å²) in [5.74, 6) is 0. The van der Waals surface area contributed by atoms with E-state index in [1.165, 1.54) is 30.6 Å². The standard InChI is InChI=1S/C10H17N3OS/c14-10-13-9(7-15-10)6-11-5-8-3-1-2-4-12-8/h7-8,11-12H,1-6H2,(H,13,14). The van der Waals surface area contributed by atoms with Crippen molar-refractivity contribution in [1.29, 1.82) is 0 Å². The number of aromatic nitrogens is 1. The Morgan fingerprint density at radius 1 is 1.53 bits per heavy atom. The molecule has 2 heterocycles. The highest BCUT2D eigenvalue weighted by Gasteiger charge is 2.11. The SMILES string of the molecule is O=c1[nH]c(CNCC2CCCCN2)cs1. The number of aromatic amines is 1. The second kappa shape index (κ2) is 5.44. The highest BCUT2D eigenvalue weighted by molar-refractivity contribution is 7.07. The molecule has 15 heavy (non-hydrogen) atoms. The Bertz CT molecular complexity index is 340. The zero-order valence-electron chi connectivity index (χ0n) is 8.71. The Hall–Kier alpha value is -0.650. The van der Waals surface area contributed by atoms with E-state index in [1.54, 1.807) is 0 Å². The molecular formula is C10H17N3OS. The summed E-state index contributed by atoms with van der Waals surface area (Å²) in [5, 5.41) is 8.72. The lowest BCUT2D eigenvalue weighted by molar-refractivity contribution is 0.382. The highest BCUT2D eigenvalue weighted by Crippen LogP contribution is 2.05. The molecule has 1 aliphatic heterocycles. The molecule has 1 aliphatic rings. The topological polar surface area (TPSA) is 56.9 Å². The normalized spacial score (nSPS) is 21.7. The van der Waals surface area contributed by atoms with Crippen LogP contribution in [0.15, 0.2) is 10.2 Å². The molecule has 1 aromatic heterocycles. The molecule has 0 aromatic carbocycles. The number of piperidine rings is 1. The zero-order chi connectivity index (χ0) is 10.5. The van der Waals surface area contributed by atoms with Crippen molar-refractivity contribution in [2.75, 3.05) is 13.1 Å². The Kier molecular flexibility index (Phi) is 3.94. The third-order valence-corrected chi connectivity index (χ3v) is 3.41. The molecule has 0 amide bonds. The predicted molar refractivity (Wildman–Crippen MR) is 62.3 cm³/mol. The fourth-order valence-corrected chi connectivity index (χ4v) is 2.46. The number of thiazole rings is 1. The minimum atomic E-state index is 0.0302. The molecule has 3 N–H and O–H groups in total.